The van der Waals surface area contributed by atoms with Gasteiger partial charge in [-0.3, -0.25) is 14.4 Å². The first-order valence-electron chi connectivity index (χ1n) is 16.4. The molecule has 238 valence electrons. The quantitative estimate of drug-likeness (QED) is 0.143. The number of unbranched alkanes of at least 4 members (excludes halogenated alkanes) is 1. The summed E-state index contributed by atoms with van der Waals surface area (Å²) >= 11 is 0. The largest absolute Gasteiger partial charge is 0.494 e. The summed E-state index contributed by atoms with van der Waals surface area (Å²) in [5.41, 5.74) is 13.8. The van der Waals surface area contributed by atoms with Crippen molar-refractivity contribution < 1.29 is 9.31 Å². The Balaban J connectivity index is 0.997. The first-order chi connectivity index (χ1) is 23.3. The van der Waals surface area contributed by atoms with Crippen LogP contribution in [0, 0.1) is 0 Å². The maximum absolute atomic E-state index is 6.66. The van der Waals surface area contributed by atoms with Gasteiger partial charge in [-0.2, -0.15) is 0 Å². The van der Waals surface area contributed by atoms with Crippen molar-refractivity contribution in [1.82, 2.24) is 29.5 Å². The van der Waals surface area contributed by atoms with Gasteiger partial charge in [0.1, 0.15) is 6.33 Å². The number of aromatic nitrogens is 6. The minimum Gasteiger partial charge on any atom is -0.399 e. The number of hydrogen-bond acceptors (Lipinski definition) is 8. The summed E-state index contributed by atoms with van der Waals surface area (Å²) in [5.74, 6) is 0.343. The first kappa shape index (κ1) is 30.2. The molecule has 0 spiro atoms. The molecule has 0 amide bonds. The van der Waals surface area contributed by atoms with Gasteiger partial charge in [0.15, 0.2) is 5.65 Å². The molecular weight excluding hydrogens is 597 g/mol. The highest BCUT2D eigenvalue weighted by atomic mass is 16.7. The number of benzene rings is 3. The Kier molecular flexibility index (Phi) is 7.42. The Hall–Kier alpha value is -5.19. The monoisotopic (exact) mass is 633 g/mol. The molecule has 9 nitrogen and oxygen atoms in total. The highest BCUT2D eigenvalue weighted by molar-refractivity contribution is 6.62. The smallest absolute Gasteiger partial charge is 0.399 e. The van der Waals surface area contributed by atoms with E-state index in [1.165, 1.54) is 5.56 Å². The SMILES string of the molecule is CC1(C)OB(c2ccc3ncccc3c2)OC1(C)CCCCc1cnc2ccc(-c3c(-c4ccccc4)nc(N)n4cnnc34)cc2c1. The second-order valence-electron chi connectivity index (χ2n) is 13.3. The molecule has 1 saturated heterocycles. The van der Waals surface area contributed by atoms with Crippen LogP contribution in [0.2, 0.25) is 0 Å². The van der Waals surface area contributed by atoms with Gasteiger partial charge < -0.3 is 15.0 Å². The summed E-state index contributed by atoms with van der Waals surface area (Å²) in [6.45, 7) is 6.44. The van der Waals surface area contributed by atoms with Gasteiger partial charge in [0.05, 0.1) is 33.5 Å². The average molecular weight is 634 g/mol. The van der Waals surface area contributed by atoms with E-state index in [0.29, 0.717) is 11.6 Å². The zero-order chi connectivity index (χ0) is 32.9. The third kappa shape index (κ3) is 5.37. The van der Waals surface area contributed by atoms with Gasteiger partial charge >= 0.3 is 7.12 Å². The van der Waals surface area contributed by atoms with Gasteiger partial charge in [0.2, 0.25) is 5.95 Å². The van der Waals surface area contributed by atoms with Crippen LogP contribution < -0.4 is 11.2 Å². The molecule has 1 aliphatic rings. The predicted molar refractivity (Wildman–Crippen MR) is 191 cm³/mol. The van der Waals surface area contributed by atoms with Gasteiger partial charge in [0, 0.05) is 23.3 Å². The molecule has 48 heavy (non-hydrogen) atoms. The highest BCUT2D eigenvalue weighted by Crippen LogP contribution is 2.41. The zero-order valence-electron chi connectivity index (χ0n) is 27.3. The lowest BCUT2D eigenvalue weighted by Gasteiger charge is -2.36. The van der Waals surface area contributed by atoms with Gasteiger partial charge in [-0.05, 0) is 92.3 Å². The molecule has 1 fully saturated rings. The van der Waals surface area contributed by atoms with Crippen LogP contribution in [-0.2, 0) is 15.7 Å². The van der Waals surface area contributed by atoms with Crippen molar-refractivity contribution in [2.45, 2.75) is 57.7 Å². The Morgan fingerprint density at radius 3 is 2.52 bits per heavy atom. The van der Waals surface area contributed by atoms with Crippen LogP contribution in [-0.4, -0.2) is 47.9 Å². The molecule has 5 heterocycles. The molecule has 1 unspecified atom stereocenters. The highest BCUT2D eigenvalue weighted by Gasteiger charge is 2.54. The van der Waals surface area contributed by atoms with E-state index in [-0.39, 0.29) is 0 Å². The molecule has 3 aromatic carbocycles. The van der Waals surface area contributed by atoms with E-state index in [1.54, 1.807) is 10.7 Å². The van der Waals surface area contributed by atoms with E-state index in [9.17, 15) is 0 Å². The van der Waals surface area contributed by atoms with E-state index < -0.39 is 18.3 Å². The number of anilines is 1. The molecule has 0 radical (unpaired) electrons. The summed E-state index contributed by atoms with van der Waals surface area (Å²) in [6.07, 6.45) is 9.21. The van der Waals surface area contributed by atoms with Crippen molar-refractivity contribution in [3.8, 4) is 22.4 Å². The van der Waals surface area contributed by atoms with Crippen LogP contribution >= 0.6 is 0 Å². The predicted octanol–water partition coefficient (Wildman–Crippen LogP) is 6.83. The number of nitrogen functional groups attached to an aromatic ring is 1. The minimum absolute atomic E-state index is 0.343. The normalized spacial score (nSPS) is 17.5. The number of nitrogens with two attached hydrogens (primary N) is 1. The van der Waals surface area contributed by atoms with Crippen LogP contribution in [0.4, 0.5) is 5.95 Å². The van der Waals surface area contributed by atoms with Crippen LogP contribution in [0.5, 0.6) is 0 Å². The fourth-order valence-electron chi connectivity index (χ4n) is 6.77. The summed E-state index contributed by atoms with van der Waals surface area (Å²) in [6, 6.07) is 28.8. The number of hydrogen-bond donors (Lipinski definition) is 1. The fourth-order valence-corrected chi connectivity index (χ4v) is 6.77. The Labute approximate surface area is 279 Å². The number of rotatable bonds is 8. The van der Waals surface area contributed by atoms with Crippen LogP contribution in [0.3, 0.4) is 0 Å². The number of fused-ring (bicyclic) bond motifs is 3. The van der Waals surface area contributed by atoms with Gasteiger partial charge in [-0.15, -0.1) is 10.2 Å². The number of nitrogens with zero attached hydrogens (tertiary/aromatic N) is 6. The van der Waals surface area contributed by atoms with Crippen molar-refractivity contribution >= 4 is 46.0 Å². The van der Waals surface area contributed by atoms with Crippen molar-refractivity contribution in [2.24, 2.45) is 0 Å². The molecule has 1 atom stereocenters. The summed E-state index contributed by atoms with van der Waals surface area (Å²) in [4.78, 5) is 14.0. The lowest BCUT2D eigenvalue weighted by molar-refractivity contribution is -0.0171. The van der Waals surface area contributed by atoms with Gasteiger partial charge in [0.25, 0.3) is 0 Å². The van der Waals surface area contributed by atoms with Crippen LogP contribution in [0.25, 0.3) is 49.8 Å². The first-order valence-corrected chi connectivity index (χ1v) is 16.4. The van der Waals surface area contributed by atoms with Gasteiger partial charge in [-0.1, -0.05) is 61.0 Å². The maximum Gasteiger partial charge on any atom is 0.494 e. The number of aryl methyl sites for hydroxylation is 1. The molecular formula is C38H36BN7O2. The molecule has 0 aliphatic carbocycles. The van der Waals surface area contributed by atoms with E-state index in [1.807, 2.05) is 54.9 Å². The summed E-state index contributed by atoms with van der Waals surface area (Å²) in [7, 11) is -0.411. The van der Waals surface area contributed by atoms with Crippen LogP contribution in [0.1, 0.15) is 45.6 Å². The second kappa shape index (κ2) is 11.8. The van der Waals surface area contributed by atoms with Crippen LogP contribution in [0.15, 0.2) is 104 Å². The number of pyridine rings is 2. The van der Waals surface area contributed by atoms with Crippen molar-refractivity contribution in [3.05, 3.63) is 109 Å². The molecule has 10 heteroatoms. The molecule has 0 bridgehead atoms. The van der Waals surface area contributed by atoms with E-state index >= 15 is 0 Å². The van der Waals surface area contributed by atoms with E-state index in [4.69, 9.17) is 25.0 Å². The third-order valence-electron chi connectivity index (χ3n) is 9.87. The molecule has 4 aromatic heterocycles. The Bertz CT molecular complexity index is 2290. The summed E-state index contributed by atoms with van der Waals surface area (Å²) in [5, 5.41) is 10.7. The lowest BCUT2D eigenvalue weighted by atomic mass is 9.78. The summed E-state index contributed by atoms with van der Waals surface area (Å²) < 4.78 is 14.9. The molecule has 8 rings (SSSR count). The topological polar surface area (TPSA) is 113 Å². The lowest BCUT2D eigenvalue weighted by Crippen LogP contribution is -2.44. The van der Waals surface area contributed by atoms with Crippen molar-refractivity contribution in [3.63, 3.8) is 0 Å². The van der Waals surface area contributed by atoms with Crippen molar-refractivity contribution in [1.29, 1.82) is 0 Å². The van der Waals surface area contributed by atoms with E-state index in [2.05, 4.69) is 78.4 Å². The molecule has 7 aromatic rings. The molecule has 0 saturated carbocycles. The second-order valence-corrected chi connectivity index (χ2v) is 13.3. The van der Waals surface area contributed by atoms with E-state index in [0.717, 1.165) is 75.3 Å². The van der Waals surface area contributed by atoms with Crippen molar-refractivity contribution in [2.75, 3.05) is 5.73 Å². The fraction of sp³-hybridized carbons (Fsp3) is 0.237. The maximum atomic E-state index is 6.66. The Morgan fingerprint density at radius 1 is 0.812 bits per heavy atom. The zero-order valence-corrected chi connectivity index (χ0v) is 27.3. The third-order valence-corrected chi connectivity index (χ3v) is 9.87. The minimum atomic E-state index is -0.437. The average Bonchev–Trinajstić information content (AvgIpc) is 3.69. The molecule has 1 aliphatic heterocycles. The van der Waals surface area contributed by atoms with Gasteiger partial charge in [-0.25, -0.2) is 4.98 Å². The standard InChI is InChI=1S/C38H36BN7O2/c1-37(2)38(3,48-39(47-37)30-15-17-31-27(22-30)13-9-19-41-31)18-8-7-10-25-20-29-21-28(14-16-32(29)42-23-25)33-34(26-11-5-4-6-12-26)44-36(40)46-24-43-45-35(33)46/h4-6,9,11-17,19-24H,7-8,10,18H2,1-3H3,(H2,40,44). The Morgan fingerprint density at radius 2 is 1.65 bits per heavy atom. The molecule has 2 N–H and O–H groups in total.